The molecule has 0 fully saturated rings. The highest BCUT2D eigenvalue weighted by Crippen LogP contribution is 2.40. The predicted molar refractivity (Wildman–Crippen MR) is 133 cm³/mol. The molecule has 1 amide bonds. The predicted octanol–water partition coefficient (Wildman–Crippen LogP) is 6.29. The molecule has 0 aliphatic carbocycles. The van der Waals surface area contributed by atoms with Crippen LogP contribution in [0.15, 0.2) is 54.7 Å². The number of carbonyl (C=O) groups is 1. The van der Waals surface area contributed by atoms with Gasteiger partial charge in [0.25, 0.3) is 0 Å². The van der Waals surface area contributed by atoms with E-state index in [2.05, 4.69) is 4.98 Å². The van der Waals surface area contributed by atoms with E-state index in [1.807, 2.05) is 0 Å². The van der Waals surface area contributed by atoms with E-state index in [9.17, 15) is 40.6 Å². The quantitative estimate of drug-likeness (QED) is 0.347. The molecule has 1 aromatic heterocycles. The third-order valence-electron chi connectivity index (χ3n) is 6.36. The van der Waals surface area contributed by atoms with Gasteiger partial charge < -0.3 is 14.9 Å². The Morgan fingerprint density at radius 3 is 1.87 bits per heavy atom. The molecule has 5 nitrogen and oxygen atoms in total. The lowest BCUT2D eigenvalue weighted by atomic mass is 9.81. The van der Waals surface area contributed by atoms with Crippen LogP contribution >= 0.6 is 0 Å². The Bertz CT molecular complexity index is 1300. The van der Waals surface area contributed by atoms with Crippen LogP contribution < -0.4 is 9.80 Å². The van der Waals surface area contributed by atoms with Gasteiger partial charge in [0, 0.05) is 26.2 Å². The van der Waals surface area contributed by atoms with Gasteiger partial charge in [0.05, 0.1) is 35.0 Å². The maximum atomic E-state index is 13.7. The number of hydrogen-bond donors (Lipinski definition) is 1. The second-order valence-corrected chi connectivity index (χ2v) is 9.50. The molecule has 0 spiro atoms. The number of amides is 1. The largest absolute Gasteiger partial charge is 0.416 e. The number of rotatable bonds is 7. The molecule has 0 bridgehead atoms. The third kappa shape index (κ3) is 6.49. The van der Waals surface area contributed by atoms with E-state index >= 15 is 0 Å². The van der Waals surface area contributed by atoms with Crippen molar-refractivity contribution in [2.24, 2.45) is 0 Å². The number of halogens is 7. The number of nitrogens with zero attached hydrogens (tertiary/aromatic N) is 3. The van der Waals surface area contributed by atoms with Crippen LogP contribution in [-0.2, 0) is 22.6 Å². The fourth-order valence-corrected chi connectivity index (χ4v) is 4.01. The zero-order valence-corrected chi connectivity index (χ0v) is 21.5. The van der Waals surface area contributed by atoms with E-state index in [0.29, 0.717) is 29.1 Å². The zero-order valence-electron chi connectivity index (χ0n) is 21.5. The first-order chi connectivity index (χ1) is 18.0. The van der Waals surface area contributed by atoms with Crippen molar-refractivity contribution in [2.45, 2.75) is 31.6 Å². The standard InChI is InChI=1S/C27H26F7N3O2/c1-25(2,17-11-18(26(29,30)31)13-19(12-17)27(32,33)34)24(39)37(4)22-15-35-23(36(3)9-10-38)14-21(22)16-5-7-20(28)8-6-16/h5-8,11-15,38H,9-10H2,1-4H3. The Morgan fingerprint density at radius 2 is 1.38 bits per heavy atom. The summed E-state index contributed by atoms with van der Waals surface area (Å²) in [7, 11) is 2.99. The summed E-state index contributed by atoms with van der Waals surface area (Å²) in [5.74, 6) is -0.918. The van der Waals surface area contributed by atoms with Crippen molar-refractivity contribution in [3.05, 3.63) is 77.2 Å². The molecule has 3 aromatic rings. The number of hydrogen-bond acceptors (Lipinski definition) is 4. The Balaban J connectivity index is 2.13. The Labute approximate surface area is 220 Å². The second kappa shape index (κ2) is 10.8. The van der Waals surface area contributed by atoms with E-state index in [-0.39, 0.29) is 24.9 Å². The average molecular weight is 558 g/mol. The smallest absolute Gasteiger partial charge is 0.395 e. The molecule has 39 heavy (non-hydrogen) atoms. The molecule has 210 valence electrons. The molecule has 0 radical (unpaired) electrons. The lowest BCUT2D eigenvalue weighted by Crippen LogP contribution is -2.42. The lowest BCUT2D eigenvalue weighted by molar-refractivity contribution is -0.143. The van der Waals surface area contributed by atoms with Gasteiger partial charge in [-0.2, -0.15) is 26.3 Å². The molecule has 0 aliphatic rings. The van der Waals surface area contributed by atoms with Crippen molar-refractivity contribution in [1.82, 2.24) is 4.98 Å². The molecule has 0 saturated heterocycles. The van der Waals surface area contributed by atoms with E-state index < -0.39 is 46.2 Å². The van der Waals surface area contributed by atoms with E-state index in [1.54, 1.807) is 18.0 Å². The maximum Gasteiger partial charge on any atom is 0.416 e. The molecule has 3 rings (SSSR count). The van der Waals surface area contributed by atoms with Gasteiger partial charge >= 0.3 is 12.4 Å². The Hall–Kier alpha value is -3.67. The van der Waals surface area contributed by atoms with Crippen LogP contribution in [0.25, 0.3) is 11.1 Å². The number of benzene rings is 2. The maximum absolute atomic E-state index is 13.7. The van der Waals surface area contributed by atoms with Crippen molar-refractivity contribution in [1.29, 1.82) is 0 Å². The van der Waals surface area contributed by atoms with Gasteiger partial charge in [0.15, 0.2) is 0 Å². The summed E-state index contributed by atoms with van der Waals surface area (Å²) in [6.07, 6.45) is -8.82. The number of aliphatic hydroxyl groups is 1. The highest BCUT2D eigenvalue weighted by molar-refractivity contribution is 6.03. The minimum absolute atomic E-state index is 0.00589. The van der Waals surface area contributed by atoms with Crippen molar-refractivity contribution in [3.63, 3.8) is 0 Å². The van der Waals surface area contributed by atoms with Crippen molar-refractivity contribution in [2.75, 3.05) is 37.0 Å². The van der Waals surface area contributed by atoms with E-state index in [4.69, 9.17) is 0 Å². The first-order valence-electron chi connectivity index (χ1n) is 11.6. The molecule has 1 heterocycles. The summed E-state index contributed by atoms with van der Waals surface area (Å²) in [5.41, 5.74) is -4.30. The highest BCUT2D eigenvalue weighted by atomic mass is 19.4. The lowest BCUT2D eigenvalue weighted by Gasteiger charge is -2.32. The van der Waals surface area contributed by atoms with Crippen LogP contribution in [0.5, 0.6) is 0 Å². The van der Waals surface area contributed by atoms with Gasteiger partial charge in [0.2, 0.25) is 5.91 Å². The molecular weight excluding hydrogens is 531 g/mol. The third-order valence-corrected chi connectivity index (χ3v) is 6.36. The summed E-state index contributed by atoms with van der Waals surface area (Å²) >= 11 is 0. The summed E-state index contributed by atoms with van der Waals surface area (Å²) < 4.78 is 94.4. The fraction of sp³-hybridized carbons (Fsp3) is 0.333. The zero-order chi connectivity index (χ0) is 29.3. The van der Waals surface area contributed by atoms with Crippen LogP contribution in [-0.4, -0.2) is 43.2 Å². The fourth-order valence-electron chi connectivity index (χ4n) is 4.01. The van der Waals surface area contributed by atoms with E-state index in [1.165, 1.54) is 51.4 Å². The number of carbonyl (C=O) groups excluding carboxylic acids is 1. The van der Waals surface area contributed by atoms with Crippen molar-refractivity contribution in [3.8, 4) is 11.1 Å². The van der Waals surface area contributed by atoms with Gasteiger partial charge in [-0.1, -0.05) is 12.1 Å². The minimum atomic E-state index is -5.07. The monoisotopic (exact) mass is 557 g/mol. The molecular formula is C27H26F7N3O2. The van der Waals surface area contributed by atoms with Gasteiger partial charge in [-0.05, 0) is 61.4 Å². The van der Waals surface area contributed by atoms with Crippen molar-refractivity contribution >= 4 is 17.4 Å². The summed E-state index contributed by atoms with van der Waals surface area (Å²) in [5, 5.41) is 9.26. The summed E-state index contributed by atoms with van der Waals surface area (Å²) in [6, 6.07) is 7.96. The normalized spacial score (nSPS) is 12.4. The number of pyridine rings is 1. The van der Waals surface area contributed by atoms with Crippen LogP contribution in [0.2, 0.25) is 0 Å². The molecule has 0 saturated carbocycles. The number of aromatic nitrogens is 1. The first-order valence-corrected chi connectivity index (χ1v) is 11.6. The van der Waals surface area contributed by atoms with Gasteiger partial charge in [-0.3, -0.25) is 4.79 Å². The molecule has 0 atom stereocenters. The Kier molecular flexibility index (Phi) is 8.30. The Morgan fingerprint density at radius 1 is 0.872 bits per heavy atom. The molecule has 1 N–H and O–H groups in total. The molecule has 0 aliphatic heterocycles. The van der Waals surface area contributed by atoms with Gasteiger partial charge in [-0.15, -0.1) is 0 Å². The number of alkyl halides is 6. The second-order valence-electron chi connectivity index (χ2n) is 9.50. The van der Waals surface area contributed by atoms with Crippen LogP contribution in [0.4, 0.5) is 42.2 Å². The van der Waals surface area contributed by atoms with E-state index in [0.717, 1.165) is 4.90 Å². The number of likely N-dealkylation sites (N-methyl/N-ethyl adjacent to an activating group) is 2. The van der Waals surface area contributed by atoms with Crippen LogP contribution in [0.1, 0.15) is 30.5 Å². The molecule has 0 unspecified atom stereocenters. The number of anilines is 2. The minimum Gasteiger partial charge on any atom is -0.395 e. The average Bonchev–Trinajstić information content (AvgIpc) is 2.86. The summed E-state index contributed by atoms with van der Waals surface area (Å²) in [4.78, 5) is 20.7. The highest BCUT2D eigenvalue weighted by Gasteiger charge is 2.41. The van der Waals surface area contributed by atoms with Gasteiger partial charge in [-0.25, -0.2) is 9.37 Å². The van der Waals surface area contributed by atoms with Gasteiger partial charge in [0.1, 0.15) is 11.6 Å². The first kappa shape index (κ1) is 29.9. The van der Waals surface area contributed by atoms with Crippen LogP contribution in [0, 0.1) is 5.82 Å². The van der Waals surface area contributed by atoms with Crippen LogP contribution in [0.3, 0.4) is 0 Å². The molecule has 2 aromatic carbocycles. The molecule has 12 heteroatoms. The SMILES string of the molecule is CN(CCO)c1cc(-c2ccc(F)cc2)c(N(C)C(=O)C(C)(C)c2cc(C(F)(F)F)cc(C(F)(F)F)c2)cn1. The number of aliphatic hydroxyl groups excluding tert-OH is 1. The topological polar surface area (TPSA) is 56.7 Å². The summed E-state index contributed by atoms with van der Waals surface area (Å²) in [6.45, 7) is 2.52. The van der Waals surface area contributed by atoms with Crippen molar-refractivity contribution < 1.29 is 40.6 Å².